The number of hydrogen-bond donors (Lipinski definition) is 1. The largest absolute Gasteiger partial charge is 0.479 e. The molecule has 114 valence electrons. The molecule has 0 heterocycles. The van der Waals surface area contributed by atoms with Crippen LogP contribution in [0.5, 0.6) is 0 Å². The van der Waals surface area contributed by atoms with E-state index < -0.39 is 24.0 Å². The van der Waals surface area contributed by atoms with Crippen molar-refractivity contribution in [3.05, 3.63) is 71.8 Å². The lowest BCUT2D eigenvalue weighted by Crippen LogP contribution is -2.29. The molecule has 0 aliphatic heterocycles. The lowest BCUT2D eigenvalue weighted by atomic mass is 9.91. The summed E-state index contributed by atoms with van der Waals surface area (Å²) in [6, 6.07) is 18.4. The van der Waals surface area contributed by atoms with Crippen molar-refractivity contribution in [2.24, 2.45) is 0 Å². The number of benzene rings is 2. The zero-order chi connectivity index (χ0) is 15.9. The molecule has 1 atom stereocenters. The molecular formula is C18H18O4. The van der Waals surface area contributed by atoms with Crippen LogP contribution in [0.2, 0.25) is 0 Å². The highest BCUT2D eigenvalue weighted by atomic mass is 16.6. The van der Waals surface area contributed by atoms with E-state index in [1.807, 2.05) is 60.7 Å². The summed E-state index contributed by atoms with van der Waals surface area (Å²) in [6.45, 7) is 1.67. The van der Waals surface area contributed by atoms with Crippen LogP contribution >= 0.6 is 0 Å². The van der Waals surface area contributed by atoms with Gasteiger partial charge in [-0.3, -0.25) is 4.79 Å². The van der Waals surface area contributed by atoms with Crippen LogP contribution in [-0.4, -0.2) is 23.1 Å². The van der Waals surface area contributed by atoms with Gasteiger partial charge >= 0.3 is 11.9 Å². The molecule has 0 radical (unpaired) electrons. The molecule has 2 aromatic carbocycles. The molecule has 0 unspecified atom stereocenters. The Morgan fingerprint density at radius 3 is 1.77 bits per heavy atom. The summed E-state index contributed by atoms with van der Waals surface area (Å²) in [5, 5.41) is 9.07. The molecule has 1 N–H and O–H groups in total. The zero-order valence-electron chi connectivity index (χ0n) is 12.3. The number of aliphatic carboxylic acids is 1. The molecule has 4 nitrogen and oxygen atoms in total. The van der Waals surface area contributed by atoms with Crippen molar-refractivity contribution in [1.29, 1.82) is 0 Å². The van der Waals surface area contributed by atoms with Gasteiger partial charge in [0.05, 0.1) is 0 Å². The first-order valence-corrected chi connectivity index (χ1v) is 7.16. The standard InChI is InChI=1S/C18H18O4/c1-2-15(17(19)20)22-18(21)16(13-9-5-3-6-10-13)14-11-7-4-8-12-14/h3-12,15-16H,2H2,1H3,(H,19,20)/t15-/m1/s1. The first-order valence-electron chi connectivity index (χ1n) is 7.16. The minimum Gasteiger partial charge on any atom is -0.479 e. The van der Waals surface area contributed by atoms with E-state index in [9.17, 15) is 9.59 Å². The molecule has 0 saturated carbocycles. The zero-order valence-corrected chi connectivity index (χ0v) is 12.3. The molecule has 2 rings (SSSR count). The highest BCUT2D eigenvalue weighted by molar-refractivity contribution is 5.85. The molecule has 0 aliphatic rings. The Balaban J connectivity index is 2.33. The maximum atomic E-state index is 12.5. The molecule has 0 spiro atoms. The van der Waals surface area contributed by atoms with Crippen molar-refractivity contribution in [2.75, 3.05) is 0 Å². The molecule has 0 bridgehead atoms. The van der Waals surface area contributed by atoms with Gasteiger partial charge in [-0.25, -0.2) is 4.79 Å². The van der Waals surface area contributed by atoms with Crippen molar-refractivity contribution < 1.29 is 19.4 Å². The van der Waals surface area contributed by atoms with E-state index >= 15 is 0 Å². The Kier molecular flexibility index (Phi) is 5.31. The first-order chi connectivity index (χ1) is 10.6. The van der Waals surface area contributed by atoms with E-state index in [-0.39, 0.29) is 6.42 Å². The maximum absolute atomic E-state index is 12.5. The molecular weight excluding hydrogens is 280 g/mol. The lowest BCUT2D eigenvalue weighted by Gasteiger charge is -2.19. The fourth-order valence-corrected chi connectivity index (χ4v) is 2.27. The van der Waals surface area contributed by atoms with Crippen molar-refractivity contribution in [3.63, 3.8) is 0 Å². The summed E-state index contributed by atoms with van der Waals surface area (Å²) in [5.74, 6) is -2.31. The topological polar surface area (TPSA) is 63.6 Å². The van der Waals surface area contributed by atoms with Crippen LogP contribution in [0.25, 0.3) is 0 Å². The molecule has 0 amide bonds. The Hall–Kier alpha value is -2.62. The van der Waals surface area contributed by atoms with Crippen LogP contribution in [0.1, 0.15) is 30.4 Å². The maximum Gasteiger partial charge on any atom is 0.345 e. The van der Waals surface area contributed by atoms with Gasteiger partial charge in [0, 0.05) is 0 Å². The Bertz CT molecular complexity index is 583. The Morgan fingerprint density at radius 1 is 0.955 bits per heavy atom. The van der Waals surface area contributed by atoms with E-state index in [0.717, 1.165) is 11.1 Å². The number of carbonyl (C=O) groups is 2. The number of carboxylic acid groups (broad SMARTS) is 1. The highest BCUT2D eigenvalue weighted by Crippen LogP contribution is 2.26. The Morgan fingerprint density at radius 2 is 1.41 bits per heavy atom. The van der Waals surface area contributed by atoms with Gasteiger partial charge < -0.3 is 9.84 Å². The predicted octanol–water partition coefficient (Wildman–Crippen LogP) is 3.22. The SMILES string of the molecule is CC[C@@H](OC(=O)C(c1ccccc1)c1ccccc1)C(=O)O. The minimum absolute atomic E-state index is 0.234. The average Bonchev–Trinajstić information content (AvgIpc) is 2.54. The fourth-order valence-electron chi connectivity index (χ4n) is 2.27. The number of carboxylic acids is 1. The van der Waals surface area contributed by atoms with E-state index in [1.54, 1.807) is 6.92 Å². The summed E-state index contributed by atoms with van der Waals surface area (Å²) in [6.07, 6.45) is -0.889. The van der Waals surface area contributed by atoms with Crippen molar-refractivity contribution in [3.8, 4) is 0 Å². The van der Waals surface area contributed by atoms with Gasteiger partial charge in [-0.15, -0.1) is 0 Å². The normalized spacial score (nSPS) is 11.9. The van der Waals surface area contributed by atoms with Gasteiger partial charge in [0.2, 0.25) is 0 Å². The van der Waals surface area contributed by atoms with Crippen LogP contribution in [0.4, 0.5) is 0 Å². The van der Waals surface area contributed by atoms with Gasteiger partial charge in [0.1, 0.15) is 5.92 Å². The second-order valence-electron chi connectivity index (χ2n) is 4.93. The number of hydrogen-bond acceptors (Lipinski definition) is 3. The average molecular weight is 298 g/mol. The highest BCUT2D eigenvalue weighted by Gasteiger charge is 2.28. The molecule has 0 aromatic heterocycles. The van der Waals surface area contributed by atoms with Crippen LogP contribution in [0, 0.1) is 0 Å². The Labute approximate surface area is 129 Å². The molecule has 2 aromatic rings. The molecule has 0 fully saturated rings. The predicted molar refractivity (Wildman–Crippen MR) is 82.5 cm³/mol. The number of ether oxygens (including phenoxy) is 1. The summed E-state index contributed by atoms with van der Waals surface area (Å²) < 4.78 is 5.19. The van der Waals surface area contributed by atoms with Gasteiger partial charge in [0.15, 0.2) is 6.10 Å². The number of esters is 1. The molecule has 0 saturated heterocycles. The third kappa shape index (κ3) is 3.73. The summed E-state index contributed by atoms with van der Waals surface area (Å²) >= 11 is 0. The van der Waals surface area contributed by atoms with Crippen LogP contribution in [0.15, 0.2) is 60.7 Å². The number of rotatable bonds is 6. The smallest absolute Gasteiger partial charge is 0.345 e. The van der Waals surface area contributed by atoms with E-state index in [1.165, 1.54) is 0 Å². The van der Waals surface area contributed by atoms with Crippen LogP contribution < -0.4 is 0 Å². The monoisotopic (exact) mass is 298 g/mol. The van der Waals surface area contributed by atoms with Crippen molar-refractivity contribution >= 4 is 11.9 Å². The minimum atomic E-state index is -1.13. The summed E-state index contributed by atoms with van der Waals surface area (Å²) in [5.41, 5.74) is 1.55. The van der Waals surface area contributed by atoms with Gasteiger partial charge in [-0.05, 0) is 17.5 Å². The number of carbonyl (C=O) groups excluding carboxylic acids is 1. The van der Waals surface area contributed by atoms with Gasteiger partial charge in [-0.1, -0.05) is 67.6 Å². The second kappa shape index (κ2) is 7.41. The van der Waals surface area contributed by atoms with E-state index in [0.29, 0.717) is 0 Å². The van der Waals surface area contributed by atoms with Gasteiger partial charge in [0.25, 0.3) is 0 Å². The molecule has 4 heteroatoms. The summed E-state index contributed by atoms with van der Waals surface area (Å²) in [4.78, 5) is 23.6. The second-order valence-corrected chi connectivity index (χ2v) is 4.93. The molecule has 22 heavy (non-hydrogen) atoms. The molecule has 0 aliphatic carbocycles. The van der Waals surface area contributed by atoms with Crippen molar-refractivity contribution in [2.45, 2.75) is 25.4 Å². The van der Waals surface area contributed by atoms with Crippen molar-refractivity contribution in [1.82, 2.24) is 0 Å². The van der Waals surface area contributed by atoms with Gasteiger partial charge in [-0.2, -0.15) is 0 Å². The van der Waals surface area contributed by atoms with Crippen LogP contribution in [0.3, 0.4) is 0 Å². The van der Waals surface area contributed by atoms with E-state index in [4.69, 9.17) is 9.84 Å². The first kappa shape index (κ1) is 15.8. The third-order valence-corrected chi connectivity index (χ3v) is 3.41. The fraction of sp³-hybridized carbons (Fsp3) is 0.222. The lowest BCUT2D eigenvalue weighted by molar-refractivity contribution is -0.164. The third-order valence-electron chi connectivity index (χ3n) is 3.41. The summed E-state index contributed by atoms with van der Waals surface area (Å²) in [7, 11) is 0. The van der Waals surface area contributed by atoms with Crippen LogP contribution in [-0.2, 0) is 14.3 Å². The quantitative estimate of drug-likeness (QED) is 0.832. The van der Waals surface area contributed by atoms with E-state index in [2.05, 4.69) is 0 Å².